The van der Waals surface area contributed by atoms with Crippen molar-refractivity contribution in [2.45, 2.75) is 44.8 Å². The van der Waals surface area contributed by atoms with Crippen molar-refractivity contribution in [3.8, 4) is 0 Å². The van der Waals surface area contributed by atoms with Crippen molar-refractivity contribution >= 4 is 0 Å². The maximum atomic E-state index is 12.9. The van der Waals surface area contributed by atoms with Crippen molar-refractivity contribution in [2.75, 3.05) is 33.4 Å². The quantitative estimate of drug-likeness (QED) is 0.675. The molecule has 1 fully saturated rings. The minimum atomic E-state index is -4.05. The monoisotopic (exact) mass is 296 g/mol. The molecule has 0 radical (unpaired) electrons. The van der Waals surface area contributed by atoms with Crippen LogP contribution in [0.2, 0.25) is 0 Å². The van der Waals surface area contributed by atoms with Gasteiger partial charge in [-0.15, -0.1) is 0 Å². The van der Waals surface area contributed by atoms with E-state index < -0.39 is 12.1 Å². The summed E-state index contributed by atoms with van der Waals surface area (Å²) in [6.45, 7) is 4.60. The van der Waals surface area contributed by atoms with Gasteiger partial charge in [-0.05, 0) is 32.2 Å². The average Bonchev–Trinajstić information content (AvgIpc) is 2.40. The molecule has 1 aliphatic carbocycles. The van der Waals surface area contributed by atoms with E-state index in [1.54, 1.807) is 7.11 Å². The third-order valence-electron chi connectivity index (χ3n) is 3.99. The summed E-state index contributed by atoms with van der Waals surface area (Å²) in [6.07, 6.45) is -1.46. The highest BCUT2D eigenvalue weighted by molar-refractivity contribution is 4.82. The molecule has 0 saturated heterocycles. The minimum absolute atomic E-state index is 0.169. The van der Waals surface area contributed by atoms with Gasteiger partial charge in [0.25, 0.3) is 0 Å². The summed E-state index contributed by atoms with van der Waals surface area (Å²) in [5.74, 6) is -1.40. The standard InChI is InChI=1S/C14H27F3N2O/c1-11(9-18-7-8-20-2)19-10-12-5-3-4-6-13(12)14(15,16)17/h11-13,18-19H,3-10H2,1-2H3. The Kier molecular flexibility index (Phi) is 7.84. The third kappa shape index (κ3) is 6.41. The van der Waals surface area contributed by atoms with Crippen LogP contribution in [0.1, 0.15) is 32.6 Å². The lowest BCUT2D eigenvalue weighted by atomic mass is 9.78. The van der Waals surface area contributed by atoms with Gasteiger partial charge in [-0.25, -0.2) is 0 Å². The molecule has 0 aromatic rings. The fourth-order valence-corrected chi connectivity index (χ4v) is 2.80. The molecular weight excluding hydrogens is 269 g/mol. The Morgan fingerprint density at radius 2 is 1.95 bits per heavy atom. The van der Waals surface area contributed by atoms with Crippen molar-refractivity contribution in [2.24, 2.45) is 11.8 Å². The first kappa shape index (κ1) is 17.7. The first-order valence-electron chi connectivity index (χ1n) is 7.45. The Labute approximate surface area is 119 Å². The van der Waals surface area contributed by atoms with Crippen molar-refractivity contribution in [1.29, 1.82) is 0 Å². The van der Waals surface area contributed by atoms with Gasteiger partial charge >= 0.3 is 6.18 Å². The zero-order valence-electron chi connectivity index (χ0n) is 12.4. The summed E-state index contributed by atoms with van der Waals surface area (Å²) in [6, 6.07) is 0.169. The van der Waals surface area contributed by atoms with Crippen LogP contribution in [0.15, 0.2) is 0 Å². The Balaban J connectivity index is 2.27. The Morgan fingerprint density at radius 3 is 2.60 bits per heavy atom. The highest BCUT2D eigenvalue weighted by Gasteiger charge is 2.45. The molecule has 0 spiro atoms. The van der Waals surface area contributed by atoms with Gasteiger partial charge in [0.2, 0.25) is 0 Å². The molecule has 20 heavy (non-hydrogen) atoms. The number of rotatable bonds is 8. The van der Waals surface area contributed by atoms with Gasteiger partial charge in [-0.1, -0.05) is 12.8 Å². The molecule has 0 aliphatic heterocycles. The van der Waals surface area contributed by atoms with Gasteiger partial charge in [0.1, 0.15) is 0 Å². The topological polar surface area (TPSA) is 33.3 Å². The molecule has 0 heterocycles. The van der Waals surface area contributed by atoms with Crippen LogP contribution in [0, 0.1) is 11.8 Å². The van der Waals surface area contributed by atoms with Crippen LogP contribution in [0.3, 0.4) is 0 Å². The van der Waals surface area contributed by atoms with E-state index in [4.69, 9.17) is 4.74 Å². The van der Waals surface area contributed by atoms with Crippen LogP contribution in [0.25, 0.3) is 0 Å². The van der Waals surface area contributed by atoms with Gasteiger partial charge in [0.15, 0.2) is 0 Å². The molecule has 2 N–H and O–H groups in total. The van der Waals surface area contributed by atoms with E-state index in [0.29, 0.717) is 26.0 Å². The van der Waals surface area contributed by atoms with Crippen LogP contribution >= 0.6 is 0 Å². The Morgan fingerprint density at radius 1 is 1.25 bits per heavy atom. The van der Waals surface area contributed by atoms with Crippen LogP contribution in [-0.2, 0) is 4.74 Å². The van der Waals surface area contributed by atoms with Crippen LogP contribution < -0.4 is 10.6 Å². The van der Waals surface area contributed by atoms with Crippen molar-refractivity contribution in [3.63, 3.8) is 0 Å². The van der Waals surface area contributed by atoms with Gasteiger partial charge < -0.3 is 15.4 Å². The normalized spacial score (nSPS) is 25.6. The SMILES string of the molecule is COCCNCC(C)NCC1CCCCC1C(F)(F)F. The molecule has 0 aromatic carbocycles. The molecule has 3 nitrogen and oxygen atoms in total. The summed E-state index contributed by atoms with van der Waals surface area (Å²) in [5, 5.41) is 6.43. The summed E-state index contributed by atoms with van der Waals surface area (Å²) in [5.41, 5.74) is 0. The summed E-state index contributed by atoms with van der Waals surface area (Å²) in [4.78, 5) is 0. The number of alkyl halides is 3. The van der Waals surface area contributed by atoms with Gasteiger partial charge in [-0.3, -0.25) is 0 Å². The molecule has 6 heteroatoms. The summed E-state index contributed by atoms with van der Waals surface area (Å²) >= 11 is 0. The molecule has 3 atom stereocenters. The second-order valence-corrected chi connectivity index (χ2v) is 5.70. The van der Waals surface area contributed by atoms with Crippen molar-refractivity contribution in [3.05, 3.63) is 0 Å². The molecule has 0 bridgehead atoms. The number of hydrogen-bond donors (Lipinski definition) is 2. The third-order valence-corrected chi connectivity index (χ3v) is 3.99. The average molecular weight is 296 g/mol. The first-order chi connectivity index (χ1) is 9.45. The summed E-state index contributed by atoms with van der Waals surface area (Å²) < 4.78 is 43.8. The second kappa shape index (κ2) is 8.85. The lowest BCUT2D eigenvalue weighted by Gasteiger charge is -2.34. The molecular formula is C14H27F3N2O. The zero-order valence-corrected chi connectivity index (χ0v) is 12.4. The second-order valence-electron chi connectivity index (χ2n) is 5.70. The van der Waals surface area contributed by atoms with E-state index in [9.17, 15) is 13.2 Å². The Hall–Kier alpha value is -0.330. The van der Waals surface area contributed by atoms with E-state index in [1.807, 2.05) is 6.92 Å². The maximum Gasteiger partial charge on any atom is 0.392 e. The number of hydrogen-bond acceptors (Lipinski definition) is 3. The van der Waals surface area contributed by atoms with Crippen LogP contribution in [-0.4, -0.2) is 45.6 Å². The Bertz CT molecular complexity index is 261. The van der Waals surface area contributed by atoms with Gasteiger partial charge in [-0.2, -0.15) is 13.2 Å². The highest BCUT2D eigenvalue weighted by Crippen LogP contribution is 2.41. The fourth-order valence-electron chi connectivity index (χ4n) is 2.80. The lowest BCUT2D eigenvalue weighted by Crippen LogP contribution is -2.44. The van der Waals surface area contributed by atoms with E-state index in [-0.39, 0.29) is 18.4 Å². The number of nitrogens with one attached hydrogen (secondary N) is 2. The predicted octanol–water partition coefficient (Wildman–Crippen LogP) is 2.57. The molecule has 1 saturated carbocycles. The predicted molar refractivity (Wildman–Crippen MR) is 73.7 cm³/mol. The molecule has 1 aliphatic rings. The van der Waals surface area contributed by atoms with E-state index in [1.165, 1.54) is 0 Å². The highest BCUT2D eigenvalue weighted by atomic mass is 19.4. The molecule has 0 aromatic heterocycles. The minimum Gasteiger partial charge on any atom is -0.383 e. The van der Waals surface area contributed by atoms with Crippen molar-refractivity contribution < 1.29 is 17.9 Å². The summed E-state index contributed by atoms with van der Waals surface area (Å²) in [7, 11) is 1.64. The maximum absolute atomic E-state index is 12.9. The molecule has 0 amide bonds. The zero-order chi connectivity index (χ0) is 15.0. The largest absolute Gasteiger partial charge is 0.392 e. The number of methoxy groups -OCH3 is 1. The molecule has 3 unspecified atom stereocenters. The molecule has 120 valence electrons. The van der Waals surface area contributed by atoms with Crippen LogP contribution in [0.5, 0.6) is 0 Å². The first-order valence-corrected chi connectivity index (χ1v) is 7.45. The number of halogens is 3. The van der Waals surface area contributed by atoms with Gasteiger partial charge in [0.05, 0.1) is 12.5 Å². The van der Waals surface area contributed by atoms with Gasteiger partial charge in [0, 0.05) is 26.2 Å². The fraction of sp³-hybridized carbons (Fsp3) is 1.00. The lowest BCUT2D eigenvalue weighted by molar-refractivity contribution is -0.195. The van der Waals surface area contributed by atoms with Crippen LogP contribution in [0.4, 0.5) is 13.2 Å². The van der Waals surface area contributed by atoms with Crippen molar-refractivity contribution in [1.82, 2.24) is 10.6 Å². The van der Waals surface area contributed by atoms with E-state index in [0.717, 1.165) is 19.5 Å². The molecule has 1 rings (SSSR count). The van der Waals surface area contributed by atoms with E-state index in [2.05, 4.69) is 10.6 Å². The smallest absolute Gasteiger partial charge is 0.383 e. The number of ether oxygens (including phenoxy) is 1. The van der Waals surface area contributed by atoms with E-state index >= 15 is 0 Å².